The Labute approximate surface area is 188 Å². The minimum Gasteiger partial charge on any atom is -0.348 e. The second-order valence-corrected chi connectivity index (χ2v) is 9.88. The van der Waals surface area contributed by atoms with Gasteiger partial charge in [0.25, 0.3) is 0 Å². The largest absolute Gasteiger partial charge is 0.348 e. The highest BCUT2D eigenvalue weighted by atomic mass is 32.2. The molecule has 172 valence electrons. The van der Waals surface area contributed by atoms with Gasteiger partial charge in [-0.05, 0) is 68.5 Å². The zero-order valence-electron chi connectivity index (χ0n) is 18.2. The van der Waals surface area contributed by atoms with E-state index in [1.807, 2.05) is 19.1 Å². The van der Waals surface area contributed by atoms with Gasteiger partial charge in [0, 0.05) is 24.8 Å². The number of nitrogens with zero attached hydrogens (tertiary/aromatic N) is 1. The van der Waals surface area contributed by atoms with Crippen molar-refractivity contribution in [2.75, 3.05) is 18.4 Å². The van der Waals surface area contributed by atoms with Gasteiger partial charge < -0.3 is 10.6 Å². The average Bonchev–Trinajstić information content (AvgIpc) is 2.77. The molecule has 1 aliphatic rings. The average molecular weight is 462 g/mol. The first-order valence-corrected chi connectivity index (χ1v) is 12.1. The number of benzene rings is 2. The molecule has 3 rings (SSSR count). The van der Waals surface area contributed by atoms with Gasteiger partial charge in [-0.2, -0.15) is 4.31 Å². The zero-order valence-corrected chi connectivity index (χ0v) is 19.0. The van der Waals surface area contributed by atoms with E-state index in [0.29, 0.717) is 25.1 Å². The molecule has 1 heterocycles. The zero-order chi connectivity index (χ0) is 23.3. The van der Waals surface area contributed by atoms with E-state index in [4.69, 9.17) is 0 Å². The van der Waals surface area contributed by atoms with Crippen LogP contribution in [0.1, 0.15) is 36.8 Å². The molecule has 0 unspecified atom stereocenters. The number of amides is 2. The summed E-state index contributed by atoms with van der Waals surface area (Å²) < 4.78 is 41.3. The topological polar surface area (TPSA) is 95.6 Å². The van der Waals surface area contributed by atoms with Crippen LogP contribution in [-0.4, -0.2) is 43.7 Å². The van der Waals surface area contributed by atoms with E-state index in [0.717, 1.165) is 24.5 Å². The van der Waals surface area contributed by atoms with E-state index in [-0.39, 0.29) is 23.0 Å². The van der Waals surface area contributed by atoms with E-state index in [2.05, 4.69) is 10.6 Å². The number of anilines is 1. The summed E-state index contributed by atoms with van der Waals surface area (Å²) in [6, 6.07) is 10.6. The summed E-state index contributed by atoms with van der Waals surface area (Å²) in [7, 11) is -3.79. The van der Waals surface area contributed by atoms with Crippen molar-refractivity contribution in [1.82, 2.24) is 9.62 Å². The Balaban J connectivity index is 1.60. The van der Waals surface area contributed by atoms with Crippen molar-refractivity contribution in [1.29, 1.82) is 0 Å². The molecule has 2 aromatic carbocycles. The van der Waals surface area contributed by atoms with Crippen molar-refractivity contribution in [3.8, 4) is 0 Å². The van der Waals surface area contributed by atoms with Crippen LogP contribution in [0, 0.1) is 19.7 Å². The van der Waals surface area contributed by atoms with Crippen LogP contribution >= 0.6 is 0 Å². The van der Waals surface area contributed by atoms with E-state index in [1.54, 1.807) is 12.1 Å². The fourth-order valence-electron chi connectivity index (χ4n) is 3.82. The van der Waals surface area contributed by atoms with Crippen molar-refractivity contribution in [2.24, 2.45) is 0 Å². The van der Waals surface area contributed by atoms with Gasteiger partial charge in [0.1, 0.15) is 5.82 Å². The Morgan fingerprint density at radius 1 is 1.06 bits per heavy atom. The first kappa shape index (κ1) is 23.9. The summed E-state index contributed by atoms with van der Waals surface area (Å²) in [5, 5.41) is 5.15. The Kier molecular flexibility index (Phi) is 7.63. The van der Waals surface area contributed by atoms with E-state index in [9.17, 15) is 22.4 Å². The Morgan fingerprint density at radius 2 is 1.81 bits per heavy atom. The summed E-state index contributed by atoms with van der Waals surface area (Å²) in [5.74, 6) is -1.99. The van der Waals surface area contributed by atoms with Crippen LogP contribution < -0.4 is 10.6 Å². The number of para-hydroxylation sites is 1. The van der Waals surface area contributed by atoms with Crippen molar-refractivity contribution in [2.45, 2.75) is 50.5 Å². The number of rotatable bonds is 6. The standard InChI is InChI=1S/C23H28FN3O4S/c1-16-7-3-4-9-21(16)26-23(29)22(28)25-13-12-18-8-5-6-14-27(18)32(30,31)19-10-11-20(24)17(2)15-19/h3-4,7,9-11,15,18H,5-6,8,12-14H2,1-2H3,(H,25,28)(H,26,29)/t18-/m0/s1. The highest BCUT2D eigenvalue weighted by Gasteiger charge is 2.33. The molecular formula is C23H28FN3O4S. The van der Waals surface area contributed by atoms with E-state index in [1.165, 1.54) is 23.4 Å². The SMILES string of the molecule is Cc1cc(S(=O)(=O)N2CCCC[C@H]2CCNC(=O)C(=O)Nc2ccccc2C)ccc1F. The quantitative estimate of drug-likeness (QED) is 0.646. The molecule has 0 radical (unpaired) electrons. The lowest BCUT2D eigenvalue weighted by atomic mass is 10.0. The molecule has 2 N–H and O–H groups in total. The minimum atomic E-state index is -3.79. The molecule has 2 aromatic rings. The highest BCUT2D eigenvalue weighted by Crippen LogP contribution is 2.27. The van der Waals surface area contributed by atoms with Crippen molar-refractivity contribution in [3.05, 3.63) is 59.4 Å². The van der Waals surface area contributed by atoms with Gasteiger partial charge >= 0.3 is 11.8 Å². The lowest BCUT2D eigenvalue weighted by Crippen LogP contribution is -2.45. The number of halogens is 1. The molecule has 0 spiro atoms. The van der Waals surface area contributed by atoms with Crippen molar-refractivity contribution >= 4 is 27.5 Å². The molecule has 32 heavy (non-hydrogen) atoms. The van der Waals surface area contributed by atoms with Crippen LogP contribution in [0.2, 0.25) is 0 Å². The molecule has 0 aliphatic carbocycles. The number of aryl methyl sites for hydroxylation is 2. The summed E-state index contributed by atoms with van der Waals surface area (Å²) in [6.45, 7) is 3.89. The normalized spacial score (nSPS) is 17.0. The van der Waals surface area contributed by atoms with Crippen LogP contribution in [-0.2, 0) is 19.6 Å². The van der Waals surface area contributed by atoms with Gasteiger partial charge in [-0.15, -0.1) is 0 Å². The summed E-state index contributed by atoms with van der Waals surface area (Å²) in [4.78, 5) is 24.4. The van der Waals surface area contributed by atoms with Crippen LogP contribution in [0.15, 0.2) is 47.4 Å². The second-order valence-electron chi connectivity index (χ2n) is 7.99. The van der Waals surface area contributed by atoms with Crippen LogP contribution in [0.3, 0.4) is 0 Å². The Morgan fingerprint density at radius 3 is 2.53 bits per heavy atom. The number of sulfonamides is 1. The third kappa shape index (κ3) is 5.52. The Bertz CT molecular complexity index is 1100. The molecule has 1 saturated heterocycles. The smallest absolute Gasteiger partial charge is 0.313 e. The fraction of sp³-hybridized carbons (Fsp3) is 0.391. The molecule has 7 nitrogen and oxygen atoms in total. The van der Waals surface area contributed by atoms with Gasteiger partial charge in [0.05, 0.1) is 4.90 Å². The molecule has 1 fully saturated rings. The van der Waals surface area contributed by atoms with Gasteiger partial charge in [-0.25, -0.2) is 12.8 Å². The van der Waals surface area contributed by atoms with E-state index >= 15 is 0 Å². The predicted octanol–water partition coefficient (Wildman–Crippen LogP) is 3.13. The Hall–Kier alpha value is -2.78. The maximum atomic E-state index is 13.6. The number of hydrogen-bond donors (Lipinski definition) is 2. The monoisotopic (exact) mass is 461 g/mol. The van der Waals surface area contributed by atoms with Crippen LogP contribution in [0.4, 0.5) is 10.1 Å². The first-order chi connectivity index (χ1) is 15.2. The van der Waals surface area contributed by atoms with Crippen molar-refractivity contribution in [3.63, 3.8) is 0 Å². The predicted molar refractivity (Wildman–Crippen MR) is 120 cm³/mol. The number of carbonyl (C=O) groups is 2. The summed E-state index contributed by atoms with van der Waals surface area (Å²) >= 11 is 0. The second kappa shape index (κ2) is 10.2. The maximum absolute atomic E-state index is 13.6. The minimum absolute atomic E-state index is 0.0601. The molecule has 0 bridgehead atoms. The molecule has 0 saturated carbocycles. The molecule has 1 atom stereocenters. The molecular weight excluding hydrogens is 433 g/mol. The van der Waals surface area contributed by atoms with Gasteiger partial charge in [0.15, 0.2) is 0 Å². The van der Waals surface area contributed by atoms with Crippen LogP contribution in [0.5, 0.6) is 0 Å². The van der Waals surface area contributed by atoms with Gasteiger partial charge in [0.2, 0.25) is 10.0 Å². The van der Waals surface area contributed by atoms with Crippen molar-refractivity contribution < 1.29 is 22.4 Å². The third-order valence-corrected chi connectivity index (χ3v) is 7.62. The van der Waals surface area contributed by atoms with Crippen LogP contribution in [0.25, 0.3) is 0 Å². The molecule has 0 aromatic heterocycles. The maximum Gasteiger partial charge on any atom is 0.313 e. The number of piperidine rings is 1. The van der Waals surface area contributed by atoms with Gasteiger partial charge in [-0.3, -0.25) is 9.59 Å². The van der Waals surface area contributed by atoms with Gasteiger partial charge in [-0.1, -0.05) is 24.6 Å². The lowest BCUT2D eigenvalue weighted by Gasteiger charge is -2.34. The fourth-order valence-corrected chi connectivity index (χ4v) is 5.63. The van der Waals surface area contributed by atoms with E-state index < -0.39 is 27.7 Å². The lowest BCUT2D eigenvalue weighted by molar-refractivity contribution is -0.136. The summed E-state index contributed by atoms with van der Waals surface area (Å²) in [6.07, 6.45) is 2.65. The number of nitrogens with one attached hydrogen (secondary N) is 2. The third-order valence-electron chi connectivity index (χ3n) is 5.67. The summed E-state index contributed by atoms with van der Waals surface area (Å²) in [5.41, 5.74) is 1.67. The molecule has 1 aliphatic heterocycles. The molecule has 9 heteroatoms. The number of hydrogen-bond acceptors (Lipinski definition) is 4. The highest BCUT2D eigenvalue weighted by molar-refractivity contribution is 7.89. The number of carbonyl (C=O) groups excluding carboxylic acids is 2. The first-order valence-electron chi connectivity index (χ1n) is 10.6. The molecule has 2 amide bonds.